The van der Waals surface area contributed by atoms with Crippen LogP contribution in [0.5, 0.6) is 0 Å². The summed E-state index contributed by atoms with van der Waals surface area (Å²) in [6.45, 7) is 4.33. The molecule has 0 bridgehead atoms. The summed E-state index contributed by atoms with van der Waals surface area (Å²) in [4.78, 5) is 0. The Morgan fingerprint density at radius 1 is 1.15 bits per heavy atom. The zero-order chi connectivity index (χ0) is 9.94. The zero-order valence-corrected chi connectivity index (χ0v) is 9.09. The van der Waals surface area contributed by atoms with Crippen molar-refractivity contribution in [2.75, 3.05) is 6.61 Å². The number of rotatable bonds is 8. The second-order valence-electron chi connectivity index (χ2n) is 3.82. The molecule has 0 N–H and O–H groups in total. The largest absolute Gasteiger partial charge is 0.236 e. The SMILES string of the molecule is CCCC/C=C/CCCC(C)C[O]. The van der Waals surface area contributed by atoms with Gasteiger partial charge >= 0.3 is 0 Å². The van der Waals surface area contributed by atoms with Gasteiger partial charge in [0.25, 0.3) is 0 Å². The van der Waals surface area contributed by atoms with Crippen LogP contribution in [0, 0.1) is 5.92 Å². The van der Waals surface area contributed by atoms with Crippen LogP contribution in [-0.2, 0) is 5.11 Å². The lowest BCUT2D eigenvalue weighted by atomic mass is 10.1. The molecule has 77 valence electrons. The van der Waals surface area contributed by atoms with Crippen LogP contribution in [0.15, 0.2) is 12.2 Å². The molecule has 0 amide bonds. The summed E-state index contributed by atoms with van der Waals surface area (Å²) in [5.41, 5.74) is 0. The molecule has 1 unspecified atom stereocenters. The third-order valence-corrected chi connectivity index (χ3v) is 2.24. The standard InChI is InChI=1S/C12H23O/c1-3-4-5-6-7-8-9-10-12(2)11-13/h6-7,12H,3-5,8-11H2,1-2H3/b7-6+. The van der Waals surface area contributed by atoms with Crippen molar-refractivity contribution < 1.29 is 5.11 Å². The highest BCUT2D eigenvalue weighted by atomic mass is 16.3. The van der Waals surface area contributed by atoms with Crippen molar-refractivity contribution in [3.63, 3.8) is 0 Å². The molecule has 1 radical (unpaired) electrons. The minimum absolute atomic E-state index is 0.0829. The van der Waals surface area contributed by atoms with Gasteiger partial charge in [-0.3, -0.25) is 0 Å². The Balaban J connectivity index is 3.10. The molecule has 0 aromatic heterocycles. The van der Waals surface area contributed by atoms with Crippen LogP contribution < -0.4 is 0 Å². The van der Waals surface area contributed by atoms with Gasteiger partial charge in [-0.05, 0) is 31.6 Å². The van der Waals surface area contributed by atoms with E-state index in [1.807, 2.05) is 6.92 Å². The van der Waals surface area contributed by atoms with E-state index in [4.69, 9.17) is 0 Å². The van der Waals surface area contributed by atoms with Crippen molar-refractivity contribution in [1.82, 2.24) is 0 Å². The second kappa shape index (κ2) is 9.79. The fourth-order valence-electron chi connectivity index (χ4n) is 1.23. The van der Waals surface area contributed by atoms with Crippen LogP contribution >= 0.6 is 0 Å². The van der Waals surface area contributed by atoms with Gasteiger partial charge in [0.1, 0.15) is 0 Å². The van der Waals surface area contributed by atoms with Crippen molar-refractivity contribution in [2.45, 2.75) is 52.4 Å². The molecule has 0 saturated heterocycles. The summed E-state index contributed by atoms with van der Waals surface area (Å²) >= 11 is 0. The first-order chi connectivity index (χ1) is 6.31. The average molecular weight is 183 g/mol. The van der Waals surface area contributed by atoms with Crippen molar-refractivity contribution >= 4 is 0 Å². The van der Waals surface area contributed by atoms with Crippen molar-refractivity contribution in [3.8, 4) is 0 Å². The van der Waals surface area contributed by atoms with Crippen LogP contribution in [0.4, 0.5) is 0 Å². The first-order valence-electron chi connectivity index (χ1n) is 5.54. The molecule has 0 rings (SSSR count). The maximum Gasteiger partial charge on any atom is 0.0847 e. The second-order valence-corrected chi connectivity index (χ2v) is 3.82. The molecule has 0 spiro atoms. The smallest absolute Gasteiger partial charge is 0.0847 e. The Kier molecular flexibility index (Phi) is 9.56. The Morgan fingerprint density at radius 2 is 1.77 bits per heavy atom. The normalized spacial score (nSPS) is 13.8. The molecule has 0 aliphatic rings. The summed E-state index contributed by atoms with van der Waals surface area (Å²) in [7, 11) is 0. The number of hydrogen-bond donors (Lipinski definition) is 0. The lowest BCUT2D eigenvalue weighted by molar-refractivity contribution is 0.146. The minimum Gasteiger partial charge on any atom is -0.236 e. The predicted molar refractivity (Wildman–Crippen MR) is 57.2 cm³/mol. The van der Waals surface area contributed by atoms with Crippen LogP contribution in [0.1, 0.15) is 52.4 Å². The molecule has 0 fully saturated rings. The van der Waals surface area contributed by atoms with Gasteiger partial charge in [0.2, 0.25) is 0 Å². The van der Waals surface area contributed by atoms with E-state index in [1.54, 1.807) is 0 Å². The molecule has 13 heavy (non-hydrogen) atoms. The van der Waals surface area contributed by atoms with Crippen LogP contribution in [0.3, 0.4) is 0 Å². The Bertz CT molecular complexity index is 118. The van der Waals surface area contributed by atoms with Crippen molar-refractivity contribution in [2.24, 2.45) is 5.92 Å². The van der Waals surface area contributed by atoms with Gasteiger partial charge in [-0.1, -0.05) is 38.8 Å². The molecule has 1 heteroatoms. The quantitative estimate of drug-likeness (QED) is 0.401. The number of allylic oxidation sites excluding steroid dienone is 2. The van der Waals surface area contributed by atoms with Crippen molar-refractivity contribution in [3.05, 3.63) is 12.2 Å². The van der Waals surface area contributed by atoms with E-state index in [9.17, 15) is 5.11 Å². The topological polar surface area (TPSA) is 19.9 Å². The summed E-state index contributed by atoms with van der Waals surface area (Å²) in [5.74, 6) is 0.365. The minimum atomic E-state index is 0.0829. The summed E-state index contributed by atoms with van der Waals surface area (Å²) in [6, 6.07) is 0. The number of hydrogen-bond acceptors (Lipinski definition) is 0. The zero-order valence-electron chi connectivity index (χ0n) is 9.09. The first-order valence-corrected chi connectivity index (χ1v) is 5.54. The van der Waals surface area contributed by atoms with Gasteiger partial charge in [0.15, 0.2) is 0 Å². The molecule has 0 aliphatic carbocycles. The molecule has 0 heterocycles. The lowest BCUT2D eigenvalue weighted by Gasteiger charge is -2.03. The van der Waals surface area contributed by atoms with Crippen molar-refractivity contribution in [1.29, 1.82) is 0 Å². The molecule has 0 aromatic rings. The molecule has 0 aromatic carbocycles. The Hall–Kier alpha value is -0.300. The molecule has 1 nitrogen and oxygen atoms in total. The average Bonchev–Trinajstić information content (AvgIpc) is 2.16. The van der Waals surface area contributed by atoms with E-state index in [0.29, 0.717) is 5.92 Å². The maximum absolute atomic E-state index is 10.4. The molecule has 1 atom stereocenters. The van der Waals surface area contributed by atoms with E-state index >= 15 is 0 Å². The van der Waals surface area contributed by atoms with Gasteiger partial charge < -0.3 is 0 Å². The highest BCUT2D eigenvalue weighted by Gasteiger charge is 1.98. The molecule has 0 saturated carbocycles. The van der Waals surface area contributed by atoms with Crippen LogP contribution in [-0.4, -0.2) is 6.61 Å². The summed E-state index contributed by atoms with van der Waals surface area (Å²) < 4.78 is 0. The van der Waals surface area contributed by atoms with Gasteiger partial charge in [0, 0.05) is 0 Å². The van der Waals surface area contributed by atoms with Gasteiger partial charge in [0.05, 0.1) is 6.61 Å². The maximum atomic E-state index is 10.4. The third kappa shape index (κ3) is 9.62. The van der Waals surface area contributed by atoms with E-state index in [0.717, 1.165) is 12.8 Å². The van der Waals surface area contributed by atoms with E-state index in [1.165, 1.54) is 25.7 Å². The fourth-order valence-corrected chi connectivity index (χ4v) is 1.23. The summed E-state index contributed by atoms with van der Waals surface area (Å²) in [6.07, 6.45) is 11.7. The summed E-state index contributed by atoms with van der Waals surface area (Å²) in [5, 5.41) is 10.4. The first kappa shape index (κ1) is 12.7. The molecular formula is C12H23O. The lowest BCUT2D eigenvalue weighted by Crippen LogP contribution is -1.97. The molecule has 0 aliphatic heterocycles. The monoisotopic (exact) mass is 183 g/mol. The Morgan fingerprint density at radius 3 is 2.31 bits per heavy atom. The van der Waals surface area contributed by atoms with Crippen LogP contribution in [0.2, 0.25) is 0 Å². The number of unbranched alkanes of at least 4 members (excludes halogenated alkanes) is 3. The van der Waals surface area contributed by atoms with E-state index < -0.39 is 0 Å². The highest BCUT2D eigenvalue weighted by molar-refractivity contribution is 4.81. The van der Waals surface area contributed by atoms with E-state index in [2.05, 4.69) is 19.1 Å². The van der Waals surface area contributed by atoms with Gasteiger partial charge in [-0.25, -0.2) is 5.11 Å². The van der Waals surface area contributed by atoms with E-state index in [-0.39, 0.29) is 6.61 Å². The van der Waals surface area contributed by atoms with Gasteiger partial charge in [-0.15, -0.1) is 0 Å². The third-order valence-electron chi connectivity index (χ3n) is 2.24. The van der Waals surface area contributed by atoms with Gasteiger partial charge in [-0.2, -0.15) is 0 Å². The predicted octanol–water partition coefficient (Wildman–Crippen LogP) is 3.97. The fraction of sp³-hybridized carbons (Fsp3) is 0.833. The molecular weight excluding hydrogens is 160 g/mol. The van der Waals surface area contributed by atoms with Crippen LogP contribution in [0.25, 0.3) is 0 Å². The highest BCUT2D eigenvalue weighted by Crippen LogP contribution is 2.07. The Labute approximate surface area is 82.9 Å².